The molecule has 26 heavy (non-hydrogen) atoms. The van der Waals surface area contributed by atoms with Gasteiger partial charge >= 0.3 is 0 Å². The molecule has 2 N–H and O–H groups in total. The Morgan fingerprint density at radius 2 is 2.00 bits per heavy atom. The van der Waals surface area contributed by atoms with Crippen LogP contribution in [0.2, 0.25) is 0 Å². The Bertz CT molecular complexity index is 820. The van der Waals surface area contributed by atoms with Crippen LogP contribution in [-0.2, 0) is 25.6 Å². The summed E-state index contributed by atoms with van der Waals surface area (Å²) in [5.74, 6) is -0.632. The minimum Gasteiger partial charge on any atom is -0.372 e. The van der Waals surface area contributed by atoms with Crippen LogP contribution in [0.5, 0.6) is 0 Å². The van der Waals surface area contributed by atoms with Crippen molar-refractivity contribution in [2.45, 2.75) is 32.1 Å². The van der Waals surface area contributed by atoms with Crippen molar-refractivity contribution in [3.8, 4) is 0 Å². The van der Waals surface area contributed by atoms with Crippen LogP contribution in [0.25, 0.3) is 0 Å². The van der Waals surface area contributed by atoms with Gasteiger partial charge in [0.15, 0.2) is 0 Å². The van der Waals surface area contributed by atoms with Crippen LogP contribution in [0.15, 0.2) is 42.9 Å². The molecule has 1 heterocycles. The van der Waals surface area contributed by atoms with Gasteiger partial charge in [0.1, 0.15) is 5.69 Å². The number of amides is 1. The van der Waals surface area contributed by atoms with Crippen molar-refractivity contribution in [2.75, 3.05) is 12.9 Å². The van der Waals surface area contributed by atoms with Gasteiger partial charge in [0.05, 0.1) is 37.9 Å². The van der Waals surface area contributed by atoms with Crippen molar-refractivity contribution in [2.24, 2.45) is 5.73 Å². The number of aromatic nitrogens is 2. The number of benzene rings is 1. The molecule has 8 nitrogen and oxygen atoms in total. The number of carbonyl (C=O) groups excluding carboxylic acids is 1. The molecular weight excluding hydrogens is 358 g/mol. The Labute approximate surface area is 153 Å². The minimum atomic E-state index is -3.53. The number of nitrogens with zero attached hydrogens (tertiary/aromatic N) is 2. The largest absolute Gasteiger partial charge is 0.372 e. The summed E-state index contributed by atoms with van der Waals surface area (Å²) in [5.41, 5.74) is 6.40. The fourth-order valence-corrected chi connectivity index (χ4v) is 2.90. The molecule has 0 bridgehead atoms. The molecule has 1 amide bonds. The molecule has 0 aliphatic rings. The first kappa shape index (κ1) is 20.1. The van der Waals surface area contributed by atoms with E-state index in [2.05, 4.69) is 4.98 Å². The van der Waals surface area contributed by atoms with Gasteiger partial charge in [-0.05, 0) is 18.9 Å². The van der Waals surface area contributed by atoms with E-state index in [1.807, 2.05) is 37.3 Å². The average molecular weight is 381 g/mol. The van der Waals surface area contributed by atoms with E-state index in [0.717, 1.165) is 11.8 Å². The van der Waals surface area contributed by atoms with Crippen molar-refractivity contribution in [1.82, 2.24) is 9.55 Å². The predicted octanol–water partition coefficient (Wildman–Crippen LogP) is 1.49. The minimum absolute atomic E-state index is 0.00732. The number of ether oxygens (including phenoxy) is 1. The molecule has 0 saturated carbocycles. The maximum Gasteiger partial charge on any atom is 0.268 e. The van der Waals surface area contributed by atoms with Crippen molar-refractivity contribution >= 4 is 16.0 Å². The monoisotopic (exact) mass is 381 g/mol. The maximum atomic E-state index is 11.3. The van der Waals surface area contributed by atoms with Gasteiger partial charge in [-0.1, -0.05) is 30.3 Å². The average Bonchev–Trinajstić information content (AvgIpc) is 3.06. The number of imidazole rings is 1. The van der Waals surface area contributed by atoms with Gasteiger partial charge < -0.3 is 15.0 Å². The van der Waals surface area contributed by atoms with Crippen LogP contribution in [-0.4, -0.2) is 42.8 Å². The first-order valence-corrected chi connectivity index (χ1v) is 9.91. The van der Waals surface area contributed by atoms with Gasteiger partial charge in [-0.2, -0.15) is 8.42 Å². The Morgan fingerprint density at radius 3 is 2.58 bits per heavy atom. The zero-order valence-corrected chi connectivity index (χ0v) is 15.6. The van der Waals surface area contributed by atoms with Crippen molar-refractivity contribution < 1.29 is 22.1 Å². The van der Waals surface area contributed by atoms with Gasteiger partial charge in [0.2, 0.25) is 0 Å². The van der Waals surface area contributed by atoms with Crippen molar-refractivity contribution in [3.05, 3.63) is 54.1 Å². The third-order valence-electron chi connectivity index (χ3n) is 3.85. The Hall–Kier alpha value is -2.23. The van der Waals surface area contributed by atoms with Crippen molar-refractivity contribution in [3.63, 3.8) is 0 Å². The molecule has 1 aromatic heterocycles. The predicted molar refractivity (Wildman–Crippen MR) is 95.9 cm³/mol. The van der Waals surface area contributed by atoms with Crippen LogP contribution >= 0.6 is 0 Å². The molecule has 142 valence electrons. The number of carbonyl (C=O) groups is 1. The lowest BCUT2D eigenvalue weighted by Crippen LogP contribution is -2.25. The van der Waals surface area contributed by atoms with E-state index in [9.17, 15) is 13.2 Å². The molecule has 0 aliphatic carbocycles. The highest BCUT2D eigenvalue weighted by Gasteiger charge is 2.22. The van der Waals surface area contributed by atoms with E-state index in [-0.39, 0.29) is 24.4 Å². The fraction of sp³-hybridized carbons (Fsp3) is 0.412. The fourth-order valence-electron chi connectivity index (χ4n) is 2.50. The maximum absolute atomic E-state index is 11.3. The molecule has 9 heteroatoms. The molecule has 0 unspecified atom stereocenters. The number of rotatable bonds is 10. The summed E-state index contributed by atoms with van der Waals surface area (Å²) < 4.78 is 34.8. The van der Waals surface area contributed by atoms with Crippen LogP contribution < -0.4 is 5.73 Å². The SMILES string of the molecule is C[C@H](OCc1ccccc1)[C@@H](CCOS(C)(=O)=O)n1cnc(C(N)=O)c1. The highest BCUT2D eigenvalue weighted by molar-refractivity contribution is 7.85. The summed E-state index contributed by atoms with van der Waals surface area (Å²) in [6, 6.07) is 9.41. The summed E-state index contributed by atoms with van der Waals surface area (Å²) in [4.78, 5) is 15.2. The third-order valence-corrected chi connectivity index (χ3v) is 4.44. The Morgan fingerprint density at radius 1 is 1.31 bits per heavy atom. The second kappa shape index (κ2) is 8.93. The van der Waals surface area contributed by atoms with Gasteiger partial charge in [0.25, 0.3) is 16.0 Å². The molecule has 0 radical (unpaired) electrons. The van der Waals surface area contributed by atoms with E-state index in [0.29, 0.717) is 13.0 Å². The van der Waals surface area contributed by atoms with E-state index >= 15 is 0 Å². The lowest BCUT2D eigenvalue weighted by molar-refractivity contribution is 0.0115. The number of primary amides is 1. The smallest absolute Gasteiger partial charge is 0.268 e. The molecule has 0 spiro atoms. The first-order valence-electron chi connectivity index (χ1n) is 8.09. The summed E-state index contributed by atoms with van der Waals surface area (Å²) in [7, 11) is -3.53. The number of nitrogens with two attached hydrogens (primary N) is 1. The Balaban J connectivity index is 2.08. The van der Waals surface area contributed by atoms with Gasteiger partial charge in [-0.15, -0.1) is 0 Å². The van der Waals surface area contributed by atoms with Gasteiger partial charge in [-0.3, -0.25) is 8.98 Å². The van der Waals surface area contributed by atoms with E-state index in [4.69, 9.17) is 14.7 Å². The van der Waals surface area contributed by atoms with Crippen molar-refractivity contribution in [1.29, 1.82) is 0 Å². The quantitative estimate of drug-likeness (QED) is 0.624. The lowest BCUT2D eigenvalue weighted by atomic mass is 10.1. The zero-order chi connectivity index (χ0) is 19.2. The molecule has 0 fully saturated rings. The standard InChI is InChI=1S/C17H23N3O5S/c1-13(24-11-14-6-4-3-5-7-14)16(8-9-25-26(2,22)23)20-10-15(17(18)21)19-12-20/h3-7,10,12-13,16H,8-9,11H2,1-2H3,(H2,18,21)/t13-,16+/m0/s1. The third kappa shape index (κ3) is 6.25. The summed E-state index contributed by atoms with van der Waals surface area (Å²) in [5, 5.41) is 0. The molecular formula is C17H23N3O5S. The highest BCUT2D eigenvalue weighted by Crippen LogP contribution is 2.21. The normalized spacial score (nSPS) is 14.1. The Kier molecular flexibility index (Phi) is 6.90. The van der Waals surface area contributed by atoms with Crippen LogP contribution in [0.1, 0.15) is 35.4 Å². The lowest BCUT2D eigenvalue weighted by Gasteiger charge is -2.25. The van der Waals surface area contributed by atoms with E-state index in [1.54, 1.807) is 4.57 Å². The summed E-state index contributed by atoms with van der Waals surface area (Å²) >= 11 is 0. The van der Waals surface area contributed by atoms with Gasteiger partial charge in [0, 0.05) is 6.20 Å². The van der Waals surface area contributed by atoms with Crippen LogP contribution in [0.4, 0.5) is 0 Å². The zero-order valence-electron chi connectivity index (χ0n) is 14.7. The summed E-state index contributed by atoms with van der Waals surface area (Å²) in [6.45, 7) is 2.27. The topological polar surface area (TPSA) is 114 Å². The molecule has 2 atom stereocenters. The second-order valence-corrected chi connectivity index (χ2v) is 7.60. The van der Waals surface area contributed by atoms with Crippen LogP contribution in [0.3, 0.4) is 0 Å². The molecule has 2 rings (SSSR count). The van der Waals surface area contributed by atoms with Gasteiger partial charge in [-0.25, -0.2) is 4.98 Å². The number of hydrogen-bond donors (Lipinski definition) is 1. The molecule has 2 aromatic rings. The van der Waals surface area contributed by atoms with E-state index < -0.39 is 16.0 Å². The molecule has 0 aliphatic heterocycles. The highest BCUT2D eigenvalue weighted by atomic mass is 32.2. The molecule has 0 saturated heterocycles. The number of hydrogen-bond acceptors (Lipinski definition) is 6. The first-order chi connectivity index (χ1) is 12.3. The molecule has 1 aromatic carbocycles. The van der Waals surface area contributed by atoms with E-state index in [1.165, 1.54) is 12.5 Å². The second-order valence-electron chi connectivity index (χ2n) is 5.95. The summed E-state index contributed by atoms with van der Waals surface area (Å²) in [6.07, 6.45) is 4.08. The van der Waals surface area contributed by atoms with Crippen LogP contribution in [0, 0.1) is 0 Å².